The third-order valence-corrected chi connectivity index (χ3v) is 1.64. The van der Waals surface area contributed by atoms with Gasteiger partial charge in [0.2, 0.25) is 5.91 Å². The Morgan fingerprint density at radius 3 is 2.69 bits per heavy atom. The van der Waals surface area contributed by atoms with Crippen LogP contribution in [-0.2, 0) is 9.59 Å². The molecule has 0 unspecified atom stereocenters. The second kappa shape index (κ2) is 3.48. The van der Waals surface area contributed by atoms with Gasteiger partial charge in [0.1, 0.15) is 5.71 Å². The van der Waals surface area contributed by atoms with Crippen molar-refractivity contribution in [2.45, 2.75) is 6.42 Å². The molecule has 1 aliphatic rings. The zero-order chi connectivity index (χ0) is 10.0. The highest BCUT2D eigenvalue weighted by Gasteiger charge is 2.32. The van der Waals surface area contributed by atoms with Gasteiger partial charge in [-0.05, 0) is 12.2 Å². The molecule has 0 aromatic carbocycles. The zero-order valence-corrected chi connectivity index (χ0v) is 7.72. The van der Waals surface area contributed by atoms with Crippen LogP contribution in [0, 0.1) is 0 Å². The highest BCUT2D eigenvalue weighted by atomic mass is 32.1. The molecule has 0 aliphatic carbocycles. The Morgan fingerprint density at radius 1 is 1.69 bits per heavy atom. The van der Waals surface area contributed by atoms with E-state index in [1.165, 1.54) is 7.05 Å². The standard InChI is InChI=1S/C6H8N4O2S/c1-10-4(11)2-3(5(10)12)8-9-6(7)13/h2H2,1H3,(H3,7,9,13)/b8-3-. The van der Waals surface area contributed by atoms with E-state index in [-0.39, 0.29) is 23.2 Å². The number of nitrogens with one attached hydrogen (secondary N) is 1. The molecule has 1 fully saturated rings. The van der Waals surface area contributed by atoms with Gasteiger partial charge in [-0.3, -0.25) is 19.9 Å². The first-order chi connectivity index (χ1) is 6.02. The van der Waals surface area contributed by atoms with Gasteiger partial charge in [-0.15, -0.1) is 0 Å². The quantitative estimate of drug-likeness (QED) is 0.307. The first-order valence-corrected chi connectivity index (χ1v) is 3.86. The first-order valence-electron chi connectivity index (χ1n) is 3.45. The summed E-state index contributed by atoms with van der Waals surface area (Å²) in [5.41, 5.74) is 7.47. The molecule has 0 radical (unpaired) electrons. The number of hydrogen-bond donors (Lipinski definition) is 2. The highest BCUT2D eigenvalue weighted by Crippen LogP contribution is 2.06. The summed E-state index contributed by atoms with van der Waals surface area (Å²) in [6.45, 7) is 0. The predicted molar refractivity (Wildman–Crippen MR) is 49.8 cm³/mol. The molecule has 6 nitrogen and oxygen atoms in total. The van der Waals surface area contributed by atoms with E-state index < -0.39 is 5.91 Å². The highest BCUT2D eigenvalue weighted by molar-refractivity contribution is 7.80. The van der Waals surface area contributed by atoms with Crippen molar-refractivity contribution in [2.75, 3.05) is 7.05 Å². The number of likely N-dealkylation sites (tertiary alicyclic amines) is 1. The van der Waals surface area contributed by atoms with E-state index in [1.807, 2.05) is 0 Å². The molecular formula is C6H8N4O2S. The van der Waals surface area contributed by atoms with Crippen molar-refractivity contribution in [1.29, 1.82) is 0 Å². The van der Waals surface area contributed by atoms with Gasteiger partial charge in [0.15, 0.2) is 5.11 Å². The molecule has 7 heteroatoms. The summed E-state index contributed by atoms with van der Waals surface area (Å²) in [6.07, 6.45) is -0.00898. The number of rotatable bonds is 1. The summed E-state index contributed by atoms with van der Waals surface area (Å²) in [5, 5.41) is 3.55. The Morgan fingerprint density at radius 2 is 2.31 bits per heavy atom. The minimum absolute atomic E-state index is 0.00898. The molecule has 2 amide bonds. The van der Waals surface area contributed by atoms with Crippen molar-refractivity contribution in [3.05, 3.63) is 0 Å². The summed E-state index contributed by atoms with van der Waals surface area (Å²) in [7, 11) is 1.40. The maximum Gasteiger partial charge on any atom is 0.276 e. The average Bonchev–Trinajstić information content (AvgIpc) is 2.29. The van der Waals surface area contributed by atoms with Crippen LogP contribution >= 0.6 is 12.2 Å². The molecule has 3 N–H and O–H groups in total. The van der Waals surface area contributed by atoms with Crippen LogP contribution in [0.1, 0.15) is 6.42 Å². The molecule has 1 heterocycles. The minimum atomic E-state index is -0.422. The van der Waals surface area contributed by atoms with Gasteiger partial charge in [-0.25, -0.2) is 0 Å². The van der Waals surface area contributed by atoms with E-state index in [1.54, 1.807) is 0 Å². The number of amides is 2. The molecule has 1 saturated heterocycles. The zero-order valence-electron chi connectivity index (χ0n) is 6.90. The van der Waals surface area contributed by atoms with Gasteiger partial charge < -0.3 is 5.73 Å². The fraction of sp³-hybridized carbons (Fsp3) is 0.333. The van der Waals surface area contributed by atoms with Crippen LogP contribution in [0.25, 0.3) is 0 Å². The molecule has 0 bridgehead atoms. The van der Waals surface area contributed by atoms with E-state index in [2.05, 4.69) is 22.7 Å². The normalized spacial score (nSPS) is 19.8. The lowest BCUT2D eigenvalue weighted by Gasteiger charge is -2.01. The van der Waals surface area contributed by atoms with Crippen LogP contribution in [-0.4, -0.2) is 34.6 Å². The maximum atomic E-state index is 11.2. The lowest BCUT2D eigenvalue weighted by Crippen LogP contribution is -2.29. The van der Waals surface area contributed by atoms with Gasteiger partial charge in [-0.2, -0.15) is 5.10 Å². The number of nitrogens with zero attached hydrogens (tertiary/aromatic N) is 2. The van der Waals surface area contributed by atoms with Crippen molar-refractivity contribution in [1.82, 2.24) is 10.3 Å². The van der Waals surface area contributed by atoms with Crippen molar-refractivity contribution in [2.24, 2.45) is 10.8 Å². The fourth-order valence-corrected chi connectivity index (χ4v) is 0.900. The minimum Gasteiger partial charge on any atom is -0.375 e. The molecule has 0 saturated carbocycles. The van der Waals surface area contributed by atoms with Gasteiger partial charge in [0, 0.05) is 7.05 Å². The van der Waals surface area contributed by atoms with E-state index in [0.717, 1.165) is 4.90 Å². The SMILES string of the molecule is CN1C(=O)C/C(=N/NC(N)=S)C1=O. The Hall–Kier alpha value is -1.50. The Balaban J connectivity index is 2.74. The van der Waals surface area contributed by atoms with Gasteiger partial charge in [-0.1, -0.05) is 0 Å². The van der Waals surface area contributed by atoms with Crippen molar-refractivity contribution in [3.63, 3.8) is 0 Å². The molecule has 0 spiro atoms. The Bertz CT molecular complexity index is 312. The largest absolute Gasteiger partial charge is 0.375 e. The van der Waals surface area contributed by atoms with Gasteiger partial charge in [0.05, 0.1) is 6.42 Å². The lowest BCUT2D eigenvalue weighted by molar-refractivity contribution is -0.135. The number of hydrogen-bond acceptors (Lipinski definition) is 4. The van der Waals surface area contributed by atoms with Crippen molar-refractivity contribution >= 4 is 34.9 Å². The number of thiocarbonyl (C=S) groups is 1. The van der Waals surface area contributed by atoms with Crippen LogP contribution in [0.5, 0.6) is 0 Å². The molecule has 13 heavy (non-hydrogen) atoms. The van der Waals surface area contributed by atoms with Gasteiger partial charge >= 0.3 is 0 Å². The summed E-state index contributed by atoms with van der Waals surface area (Å²) >= 11 is 4.48. The Kier molecular flexibility index (Phi) is 2.57. The summed E-state index contributed by atoms with van der Waals surface area (Å²) in [5.74, 6) is -0.706. The number of hydrazone groups is 1. The second-order valence-electron chi connectivity index (χ2n) is 2.47. The number of nitrogens with two attached hydrogens (primary N) is 1. The third-order valence-electron chi connectivity index (χ3n) is 1.55. The second-order valence-corrected chi connectivity index (χ2v) is 2.91. The summed E-state index contributed by atoms with van der Waals surface area (Å²) in [6, 6.07) is 0. The molecule has 1 aliphatic heterocycles. The molecule has 0 aromatic heterocycles. The smallest absolute Gasteiger partial charge is 0.276 e. The Labute approximate surface area is 79.8 Å². The molecule has 0 aromatic rings. The van der Waals surface area contributed by atoms with E-state index in [4.69, 9.17) is 5.73 Å². The van der Waals surface area contributed by atoms with Crippen molar-refractivity contribution in [3.8, 4) is 0 Å². The molecule has 1 rings (SSSR count). The molecular weight excluding hydrogens is 192 g/mol. The van der Waals surface area contributed by atoms with Crippen LogP contribution in [0.3, 0.4) is 0 Å². The summed E-state index contributed by atoms with van der Waals surface area (Å²) in [4.78, 5) is 23.2. The van der Waals surface area contributed by atoms with Crippen molar-refractivity contribution < 1.29 is 9.59 Å². The van der Waals surface area contributed by atoms with E-state index >= 15 is 0 Å². The topological polar surface area (TPSA) is 87.8 Å². The summed E-state index contributed by atoms with van der Waals surface area (Å²) < 4.78 is 0. The van der Waals surface area contributed by atoms with E-state index in [9.17, 15) is 9.59 Å². The monoisotopic (exact) mass is 200 g/mol. The van der Waals surface area contributed by atoms with E-state index in [0.29, 0.717) is 0 Å². The van der Waals surface area contributed by atoms with Gasteiger partial charge in [0.25, 0.3) is 5.91 Å². The third kappa shape index (κ3) is 2.00. The average molecular weight is 200 g/mol. The predicted octanol–water partition coefficient (Wildman–Crippen LogP) is -1.44. The first kappa shape index (κ1) is 9.59. The number of carbonyl (C=O) groups excluding carboxylic acids is 2. The maximum absolute atomic E-state index is 11.2. The fourth-order valence-electron chi connectivity index (χ4n) is 0.854. The van der Waals surface area contributed by atoms with Crippen LogP contribution in [0.2, 0.25) is 0 Å². The van der Waals surface area contributed by atoms with Crippen LogP contribution < -0.4 is 11.2 Å². The molecule has 70 valence electrons. The number of imide groups is 1. The van der Waals surface area contributed by atoms with Crippen LogP contribution in [0.4, 0.5) is 0 Å². The lowest BCUT2D eigenvalue weighted by atomic mass is 10.3. The number of carbonyl (C=O) groups is 2. The molecule has 0 atom stereocenters. The van der Waals surface area contributed by atoms with Crippen LogP contribution in [0.15, 0.2) is 5.10 Å².